The minimum Gasteiger partial charge on any atom is -0.311 e. The fourth-order valence-electron chi connectivity index (χ4n) is 18.2. The minimum atomic E-state index is -0.661. The number of hydrogen-bond donors (Lipinski definition) is 0. The summed E-state index contributed by atoms with van der Waals surface area (Å²) in [5, 5.41) is 0. The van der Waals surface area contributed by atoms with Gasteiger partial charge in [-0.2, -0.15) is 0 Å². The summed E-state index contributed by atoms with van der Waals surface area (Å²) in [7, 11) is 0. The molecule has 0 fully saturated rings. The Bertz CT molecular complexity index is 5310. The molecule has 0 amide bonds. The molecule has 0 spiro atoms. The highest BCUT2D eigenvalue weighted by molar-refractivity contribution is 5.92. The second-order valence-electron chi connectivity index (χ2n) is 30.4. The summed E-state index contributed by atoms with van der Waals surface area (Å²) < 4.78 is 0. The lowest BCUT2D eigenvalue weighted by Gasteiger charge is -2.43. The van der Waals surface area contributed by atoms with Crippen molar-refractivity contribution in [1.82, 2.24) is 0 Å². The Kier molecular flexibility index (Phi) is 15.3. The predicted octanol–water partition coefficient (Wildman–Crippen LogP) is 25.3. The number of allylic oxidation sites excluding steroid dienone is 7. The van der Waals surface area contributed by atoms with E-state index in [9.17, 15) is 0 Å². The van der Waals surface area contributed by atoms with Gasteiger partial charge in [0.15, 0.2) is 0 Å². The van der Waals surface area contributed by atoms with Gasteiger partial charge in [-0.25, -0.2) is 0 Å². The number of nitrogens with zero attached hydrogens (tertiary/aromatic N) is 2. The van der Waals surface area contributed by atoms with E-state index in [1.54, 1.807) is 0 Å². The first-order valence-corrected chi connectivity index (χ1v) is 36.0. The SMILES string of the molecule is C=Cc1ccc(C2(c3ccccc3)c3ccccc3-c3ccc(N(C4=CC5C(C=C4)c4ccc(N(c6ccccc6)c6ccc7c(c6)C(c6ccccc6)(c6ccc(C=C)cc6)c6ccccc6-7)cc4C5(C4=CCC(C(C)(C)C)C=C4)c4ccc(C(C)(C)C)cc4)c4ccccc4)cc32)cc1. The van der Waals surface area contributed by atoms with Gasteiger partial charge in [-0.05, 0) is 196 Å². The quantitative estimate of drug-likeness (QED) is 0.107. The van der Waals surface area contributed by atoms with E-state index in [2.05, 4.69) is 398 Å². The third-order valence-corrected chi connectivity index (χ3v) is 23.1. The molecule has 0 saturated carbocycles. The molecule has 101 heavy (non-hydrogen) atoms. The number of fused-ring (bicyclic) bond motifs is 9. The lowest BCUT2D eigenvalue weighted by molar-refractivity contribution is 0.291. The van der Waals surface area contributed by atoms with Crippen molar-refractivity contribution in [2.45, 2.75) is 75.5 Å². The summed E-state index contributed by atoms with van der Waals surface area (Å²) in [6, 6.07) is 113. The van der Waals surface area contributed by atoms with Crippen LogP contribution in [-0.2, 0) is 21.7 Å². The summed E-state index contributed by atoms with van der Waals surface area (Å²) in [6.07, 6.45) is 20.2. The molecule has 12 aromatic rings. The first-order chi connectivity index (χ1) is 49.2. The molecule has 0 heterocycles. The molecule has 490 valence electrons. The highest BCUT2D eigenvalue weighted by Crippen LogP contribution is 2.64. The average Bonchev–Trinajstić information content (AvgIpc) is 1.57. The molecule has 0 saturated heterocycles. The topological polar surface area (TPSA) is 6.48 Å². The molecule has 2 heteroatoms. The Morgan fingerprint density at radius 2 is 0.802 bits per heavy atom. The molecular formula is C99H84N2. The molecule has 0 aliphatic heterocycles. The second kappa shape index (κ2) is 24.5. The fourth-order valence-corrected chi connectivity index (χ4v) is 18.2. The standard InChI is InChI=1S/C99H84N2/c1-9-67-39-43-73(44-40-67)97(71-27-15-11-16-28-71)89-37-25-23-35-83(89)85-59-55-79(63-91(85)97)100(77-31-19-13-20-32-77)81-57-61-87-88-62-58-82(66-94(88)99(93(87)65-81,75-51-47-69(48-52-75)95(3,4)5)76-53-49-70(50-54-76)96(6,7)8)101(78-33-21-14-22-34-78)80-56-60-86-84-36-24-26-38-90(84)98(92(86)64-80,72-29-17-12-18-30-72)74-45-41-68(10-2)42-46-74/h9-49,51-66,70,87,93H,1-2,50H2,3-8H3. The molecule has 2 nitrogen and oxygen atoms in total. The Labute approximate surface area is 597 Å². The largest absolute Gasteiger partial charge is 0.311 e. The lowest BCUT2D eigenvalue weighted by atomic mass is 9.60. The van der Waals surface area contributed by atoms with Gasteiger partial charge in [0.2, 0.25) is 0 Å². The summed E-state index contributed by atoms with van der Waals surface area (Å²) in [6.45, 7) is 22.5. The third-order valence-electron chi connectivity index (χ3n) is 23.1. The maximum Gasteiger partial charge on any atom is 0.0714 e. The zero-order chi connectivity index (χ0) is 68.8. The van der Waals surface area contributed by atoms with Gasteiger partial charge >= 0.3 is 0 Å². The van der Waals surface area contributed by atoms with Gasteiger partial charge in [0, 0.05) is 46.0 Å². The second-order valence-corrected chi connectivity index (χ2v) is 30.4. The normalized spacial score (nSPS) is 20.5. The van der Waals surface area contributed by atoms with Crippen molar-refractivity contribution in [2.24, 2.45) is 17.3 Å². The molecule has 0 aromatic heterocycles. The molecule has 17 rings (SSSR count). The van der Waals surface area contributed by atoms with E-state index in [-0.39, 0.29) is 22.7 Å². The van der Waals surface area contributed by atoms with E-state index in [1.807, 2.05) is 12.2 Å². The molecule has 5 aliphatic rings. The first kappa shape index (κ1) is 63.1. The fraction of sp³-hybridized carbons (Fsp3) is 0.152. The van der Waals surface area contributed by atoms with E-state index in [0.717, 1.165) is 51.7 Å². The van der Waals surface area contributed by atoms with Gasteiger partial charge in [0.1, 0.15) is 0 Å². The van der Waals surface area contributed by atoms with Crippen LogP contribution in [0, 0.1) is 17.3 Å². The van der Waals surface area contributed by atoms with Crippen LogP contribution in [0.3, 0.4) is 0 Å². The van der Waals surface area contributed by atoms with Gasteiger partial charge in [-0.1, -0.05) is 334 Å². The lowest BCUT2D eigenvalue weighted by Crippen LogP contribution is -2.37. The Balaban J connectivity index is 0.894. The molecule has 5 aliphatic carbocycles. The number of anilines is 5. The van der Waals surface area contributed by atoms with Crippen molar-refractivity contribution in [3.63, 3.8) is 0 Å². The molecule has 12 aromatic carbocycles. The van der Waals surface area contributed by atoms with E-state index in [0.29, 0.717) is 5.92 Å². The summed E-state index contributed by atoms with van der Waals surface area (Å²) >= 11 is 0. The van der Waals surface area contributed by atoms with Crippen molar-refractivity contribution in [1.29, 1.82) is 0 Å². The van der Waals surface area contributed by atoms with Crippen LogP contribution in [0.2, 0.25) is 0 Å². The molecule has 0 bridgehead atoms. The van der Waals surface area contributed by atoms with Gasteiger partial charge in [-0.3, -0.25) is 0 Å². The van der Waals surface area contributed by atoms with Crippen molar-refractivity contribution in [3.8, 4) is 22.3 Å². The minimum absolute atomic E-state index is 0.0267. The highest BCUT2D eigenvalue weighted by Gasteiger charge is 2.56. The van der Waals surface area contributed by atoms with Gasteiger partial charge < -0.3 is 9.80 Å². The molecule has 0 N–H and O–H groups in total. The smallest absolute Gasteiger partial charge is 0.0714 e. The number of rotatable bonds is 14. The third kappa shape index (κ3) is 9.96. The van der Waals surface area contributed by atoms with Crippen LogP contribution < -0.4 is 9.80 Å². The van der Waals surface area contributed by atoms with Crippen LogP contribution >= 0.6 is 0 Å². The Morgan fingerprint density at radius 3 is 1.28 bits per heavy atom. The number of hydrogen-bond acceptors (Lipinski definition) is 2. The first-order valence-electron chi connectivity index (χ1n) is 36.0. The van der Waals surface area contributed by atoms with Crippen molar-refractivity contribution >= 4 is 40.6 Å². The van der Waals surface area contributed by atoms with Gasteiger partial charge in [-0.15, -0.1) is 0 Å². The number of benzene rings is 12. The predicted molar refractivity (Wildman–Crippen MR) is 425 cm³/mol. The van der Waals surface area contributed by atoms with E-state index in [1.165, 1.54) is 94.6 Å². The maximum absolute atomic E-state index is 4.16. The van der Waals surface area contributed by atoms with Crippen LogP contribution in [0.5, 0.6) is 0 Å². The Hall–Kier alpha value is -11.3. The summed E-state index contributed by atoms with van der Waals surface area (Å²) in [4.78, 5) is 5.07. The van der Waals surface area contributed by atoms with Crippen LogP contribution in [0.4, 0.5) is 28.4 Å². The zero-order valence-corrected chi connectivity index (χ0v) is 58.7. The van der Waals surface area contributed by atoms with Gasteiger partial charge in [0.05, 0.1) is 16.2 Å². The summed E-state index contributed by atoms with van der Waals surface area (Å²) in [5.41, 5.74) is 28.5. The molecule has 6 atom stereocenters. The van der Waals surface area contributed by atoms with Crippen LogP contribution in [0.25, 0.3) is 34.4 Å². The van der Waals surface area contributed by atoms with Crippen molar-refractivity contribution in [3.05, 3.63) is 436 Å². The molecular weight excluding hydrogens is 1220 g/mol. The average molecular weight is 1300 g/mol. The van der Waals surface area contributed by atoms with Crippen LogP contribution in [0.15, 0.2) is 358 Å². The zero-order valence-electron chi connectivity index (χ0n) is 58.7. The van der Waals surface area contributed by atoms with E-state index in [4.69, 9.17) is 0 Å². The maximum atomic E-state index is 4.16. The highest BCUT2D eigenvalue weighted by atomic mass is 15.2. The van der Waals surface area contributed by atoms with E-state index >= 15 is 0 Å². The number of para-hydroxylation sites is 2. The van der Waals surface area contributed by atoms with Gasteiger partial charge in [0.25, 0.3) is 0 Å². The summed E-state index contributed by atoms with van der Waals surface area (Å²) in [5.74, 6) is 0.338. The monoisotopic (exact) mass is 1300 g/mol. The molecule has 6 unspecified atom stereocenters. The van der Waals surface area contributed by atoms with Crippen LogP contribution in [0.1, 0.15) is 132 Å². The van der Waals surface area contributed by atoms with Crippen molar-refractivity contribution < 1.29 is 0 Å². The van der Waals surface area contributed by atoms with Crippen LogP contribution in [-0.4, -0.2) is 0 Å². The molecule has 0 radical (unpaired) electrons. The van der Waals surface area contributed by atoms with E-state index < -0.39 is 16.2 Å². The van der Waals surface area contributed by atoms with Crippen molar-refractivity contribution in [2.75, 3.05) is 9.80 Å². The Morgan fingerprint density at radius 1 is 0.376 bits per heavy atom.